The predicted molar refractivity (Wildman–Crippen MR) is 114 cm³/mol. The molecule has 0 fully saturated rings. The monoisotopic (exact) mass is 414 g/mol. The minimum atomic E-state index is -0.472. The lowest BCUT2D eigenvalue weighted by Crippen LogP contribution is -2.37. The molecule has 8 nitrogen and oxygen atoms in total. The molecule has 2 aromatic carbocycles. The van der Waals surface area contributed by atoms with E-state index in [0.29, 0.717) is 35.1 Å². The summed E-state index contributed by atoms with van der Waals surface area (Å²) in [6, 6.07) is 10.1. The van der Waals surface area contributed by atoms with E-state index in [1.165, 1.54) is 23.5 Å². The van der Waals surface area contributed by atoms with Gasteiger partial charge in [-0.05, 0) is 45.3 Å². The molecular weight excluding hydrogens is 392 g/mol. The van der Waals surface area contributed by atoms with Crippen LogP contribution in [0.5, 0.6) is 5.75 Å². The summed E-state index contributed by atoms with van der Waals surface area (Å²) < 4.78 is 6.17. The number of likely N-dealkylation sites (N-methyl/N-ethyl adjacent to an activating group) is 1. The first-order chi connectivity index (χ1) is 13.8. The van der Waals surface area contributed by atoms with Crippen molar-refractivity contribution in [3.8, 4) is 5.75 Å². The van der Waals surface area contributed by atoms with Crippen molar-refractivity contribution in [2.75, 3.05) is 39.2 Å². The van der Waals surface area contributed by atoms with Crippen molar-refractivity contribution in [1.29, 1.82) is 0 Å². The lowest BCUT2D eigenvalue weighted by atomic mass is 10.1. The number of hydrogen-bond donors (Lipinski definition) is 0. The van der Waals surface area contributed by atoms with Crippen molar-refractivity contribution in [2.24, 2.45) is 0 Å². The van der Waals surface area contributed by atoms with E-state index in [-0.39, 0.29) is 11.6 Å². The first-order valence-electron chi connectivity index (χ1n) is 8.97. The average Bonchev–Trinajstić information content (AvgIpc) is 3.10. The maximum Gasteiger partial charge on any atom is 0.273 e. The lowest BCUT2D eigenvalue weighted by Gasteiger charge is -2.22. The number of methoxy groups -OCH3 is 1. The fourth-order valence-electron chi connectivity index (χ4n) is 2.92. The molecule has 3 rings (SSSR count). The van der Waals surface area contributed by atoms with Gasteiger partial charge in [-0.3, -0.25) is 19.8 Å². The number of nitrogens with zero attached hydrogens (tertiary/aromatic N) is 4. The van der Waals surface area contributed by atoms with Crippen molar-refractivity contribution in [3.63, 3.8) is 0 Å². The molecule has 0 aliphatic rings. The van der Waals surface area contributed by atoms with Gasteiger partial charge in [0.05, 0.1) is 22.2 Å². The summed E-state index contributed by atoms with van der Waals surface area (Å²) in [4.78, 5) is 32.4. The molecule has 29 heavy (non-hydrogen) atoms. The summed E-state index contributed by atoms with van der Waals surface area (Å²) in [5.41, 5.74) is 1.34. The molecule has 0 spiro atoms. The quantitative estimate of drug-likeness (QED) is 0.432. The highest BCUT2D eigenvalue weighted by Crippen LogP contribution is 2.33. The number of rotatable bonds is 7. The van der Waals surface area contributed by atoms with E-state index in [1.807, 2.05) is 37.2 Å². The van der Waals surface area contributed by atoms with Crippen LogP contribution >= 0.6 is 11.3 Å². The number of carbonyl (C=O) groups excluding carboxylic acids is 1. The second-order valence-corrected chi connectivity index (χ2v) is 7.81. The molecular formula is C20H22N4O4S. The zero-order chi connectivity index (χ0) is 21.1. The van der Waals surface area contributed by atoms with E-state index in [1.54, 1.807) is 25.0 Å². The Balaban J connectivity index is 2.05. The normalized spacial score (nSPS) is 11.1. The summed E-state index contributed by atoms with van der Waals surface area (Å²) in [5, 5.41) is 11.8. The average molecular weight is 414 g/mol. The molecule has 1 amide bonds. The van der Waals surface area contributed by atoms with E-state index in [2.05, 4.69) is 4.98 Å². The second kappa shape index (κ2) is 8.54. The molecule has 1 aromatic heterocycles. The molecule has 152 valence electrons. The fraction of sp³-hybridized carbons (Fsp3) is 0.300. The fourth-order valence-corrected chi connectivity index (χ4v) is 3.94. The number of nitro groups is 1. The number of anilines is 1. The molecule has 0 saturated carbocycles. The van der Waals surface area contributed by atoms with Crippen molar-refractivity contribution in [3.05, 3.63) is 57.6 Å². The number of thiazole rings is 1. The Morgan fingerprint density at radius 3 is 2.66 bits per heavy atom. The highest BCUT2D eigenvalue weighted by atomic mass is 32.1. The van der Waals surface area contributed by atoms with Gasteiger partial charge in [-0.15, -0.1) is 0 Å². The summed E-state index contributed by atoms with van der Waals surface area (Å²) in [6.07, 6.45) is 0. The lowest BCUT2D eigenvalue weighted by molar-refractivity contribution is -0.385. The first-order valence-corrected chi connectivity index (χ1v) is 9.78. The zero-order valence-corrected chi connectivity index (χ0v) is 17.5. The number of carbonyl (C=O) groups is 1. The van der Waals surface area contributed by atoms with Gasteiger partial charge >= 0.3 is 0 Å². The Labute approximate surface area is 172 Å². The number of ether oxygens (including phenoxy) is 1. The largest absolute Gasteiger partial charge is 0.497 e. The van der Waals surface area contributed by atoms with Crippen molar-refractivity contribution >= 4 is 38.3 Å². The van der Waals surface area contributed by atoms with Crippen LogP contribution in [0.4, 0.5) is 10.8 Å². The van der Waals surface area contributed by atoms with Gasteiger partial charge in [-0.2, -0.15) is 0 Å². The summed E-state index contributed by atoms with van der Waals surface area (Å²) in [7, 11) is 5.44. The number of fused-ring (bicyclic) bond motifs is 1. The van der Waals surface area contributed by atoms with E-state index >= 15 is 0 Å². The van der Waals surface area contributed by atoms with Gasteiger partial charge in [0.1, 0.15) is 5.75 Å². The predicted octanol–water partition coefficient (Wildman–Crippen LogP) is 3.73. The van der Waals surface area contributed by atoms with E-state index < -0.39 is 4.92 Å². The van der Waals surface area contributed by atoms with Gasteiger partial charge in [0.2, 0.25) is 0 Å². The number of hydrogen-bond acceptors (Lipinski definition) is 7. The molecule has 0 aliphatic carbocycles. The summed E-state index contributed by atoms with van der Waals surface area (Å²) >= 11 is 1.39. The van der Waals surface area contributed by atoms with Crippen LogP contribution < -0.4 is 9.64 Å². The maximum absolute atomic E-state index is 13.4. The molecule has 0 saturated heterocycles. The number of nitro benzene ring substituents is 1. The molecule has 3 aromatic rings. The Kier molecular flexibility index (Phi) is 6.09. The molecule has 0 N–H and O–H groups in total. The molecule has 1 heterocycles. The minimum absolute atomic E-state index is 0.0718. The van der Waals surface area contributed by atoms with Gasteiger partial charge in [0.15, 0.2) is 5.13 Å². The second-order valence-electron chi connectivity index (χ2n) is 6.80. The third kappa shape index (κ3) is 4.36. The maximum atomic E-state index is 13.4. The Bertz CT molecular complexity index is 1060. The molecule has 0 aliphatic heterocycles. The van der Waals surface area contributed by atoms with Crippen LogP contribution in [0, 0.1) is 17.0 Å². The first kappa shape index (κ1) is 20.7. The topological polar surface area (TPSA) is 88.8 Å². The SMILES string of the molecule is COc1ccc2nc(N(CCN(C)C)C(=O)c3cccc([N+](=O)[O-])c3C)sc2c1. The molecule has 0 bridgehead atoms. The minimum Gasteiger partial charge on any atom is -0.497 e. The van der Waals surface area contributed by atoms with Crippen LogP contribution in [-0.4, -0.2) is 55.0 Å². The molecule has 0 radical (unpaired) electrons. The number of aromatic nitrogens is 1. The smallest absolute Gasteiger partial charge is 0.273 e. The standard InChI is InChI=1S/C20H22N4O4S/c1-13-15(6-5-7-17(13)24(26)27)19(25)23(11-10-22(2)3)20-21-16-9-8-14(28-4)12-18(16)29-20/h5-9,12H,10-11H2,1-4H3. The third-order valence-electron chi connectivity index (χ3n) is 4.56. The van der Waals surface area contributed by atoms with Crippen LogP contribution in [-0.2, 0) is 0 Å². The molecule has 0 unspecified atom stereocenters. The van der Waals surface area contributed by atoms with Crippen LogP contribution in [0.25, 0.3) is 10.2 Å². The van der Waals surface area contributed by atoms with Crippen LogP contribution in [0.1, 0.15) is 15.9 Å². The van der Waals surface area contributed by atoms with Crippen molar-refractivity contribution in [2.45, 2.75) is 6.92 Å². The van der Waals surface area contributed by atoms with Crippen molar-refractivity contribution < 1.29 is 14.5 Å². The van der Waals surface area contributed by atoms with E-state index in [9.17, 15) is 14.9 Å². The van der Waals surface area contributed by atoms with Gasteiger partial charge in [-0.25, -0.2) is 4.98 Å². The Hall–Kier alpha value is -3.04. The van der Waals surface area contributed by atoms with Crippen LogP contribution in [0.3, 0.4) is 0 Å². The Morgan fingerprint density at radius 1 is 1.24 bits per heavy atom. The highest BCUT2D eigenvalue weighted by Gasteiger charge is 2.25. The third-order valence-corrected chi connectivity index (χ3v) is 5.60. The summed E-state index contributed by atoms with van der Waals surface area (Å²) in [5.74, 6) is 0.410. The van der Waals surface area contributed by atoms with Gasteiger partial charge in [-0.1, -0.05) is 17.4 Å². The number of benzene rings is 2. The van der Waals surface area contributed by atoms with Crippen molar-refractivity contribution in [1.82, 2.24) is 9.88 Å². The highest BCUT2D eigenvalue weighted by molar-refractivity contribution is 7.22. The summed E-state index contributed by atoms with van der Waals surface area (Å²) in [6.45, 7) is 2.63. The number of amides is 1. The van der Waals surface area contributed by atoms with Gasteiger partial charge in [0.25, 0.3) is 11.6 Å². The Morgan fingerprint density at radius 2 is 2.00 bits per heavy atom. The zero-order valence-electron chi connectivity index (χ0n) is 16.7. The van der Waals surface area contributed by atoms with Crippen LogP contribution in [0.15, 0.2) is 36.4 Å². The van der Waals surface area contributed by atoms with E-state index in [0.717, 1.165) is 10.2 Å². The van der Waals surface area contributed by atoms with Gasteiger partial charge < -0.3 is 9.64 Å². The van der Waals surface area contributed by atoms with E-state index in [4.69, 9.17) is 4.74 Å². The van der Waals surface area contributed by atoms with Crippen LogP contribution in [0.2, 0.25) is 0 Å². The van der Waals surface area contributed by atoms with Gasteiger partial charge in [0, 0.05) is 30.3 Å². The molecule has 0 atom stereocenters. The molecule has 9 heteroatoms.